The van der Waals surface area contributed by atoms with Crippen molar-refractivity contribution in [3.8, 4) is 0 Å². The van der Waals surface area contributed by atoms with Gasteiger partial charge in [0.05, 0.1) is 13.2 Å². The second-order valence-electron chi connectivity index (χ2n) is 4.46. The molecule has 0 aliphatic carbocycles. The first-order chi connectivity index (χ1) is 9.81. The minimum Gasteiger partial charge on any atom is -0.424 e. The minimum absolute atomic E-state index is 0.325. The van der Waals surface area contributed by atoms with Gasteiger partial charge in [0.15, 0.2) is 19.5 Å². The Morgan fingerprint density at radius 3 is 1.65 bits per heavy atom. The normalized spacial score (nSPS) is 13.9. The number of hydrogen-bond donors (Lipinski definition) is 0. The highest BCUT2D eigenvalue weighted by molar-refractivity contribution is 7.33. The average Bonchev–Trinajstić information content (AvgIpc) is 2.45. The van der Waals surface area contributed by atoms with Gasteiger partial charge in [-0.05, 0) is 38.8 Å². The van der Waals surface area contributed by atoms with Crippen LogP contribution in [0.2, 0.25) is 12.1 Å². The van der Waals surface area contributed by atoms with Gasteiger partial charge in [0.25, 0.3) is 0 Å². The third kappa shape index (κ3) is 16.6. The molecule has 0 heterocycles. The maximum atomic E-state index is 11.4. The molecule has 0 unspecified atom stereocenters. The lowest BCUT2D eigenvalue weighted by Crippen LogP contribution is -1.99. The van der Waals surface area contributed by atoms with Gasteiger partial charge in [-0.1, -0.05) is 12.8 Å². The maximum Gasteiger partial charge on any atom is 0.319 e. The molecule has 0 aliphatic rings. The maximum absolute atomic E-state index is 11.4. The lowest BCUT2D eigenvalue weighted by molar-refractivity contribution is 0.220. The zero-order valence-electron chi connectivity index (χ0n) is 13.0. The Labute approximate surface area is 128 Å². The molecule has 0 saturated heterocycles. The van der Waals surface area contributed by atoms with Crippen molar-refractivity contribution in [3.63, 3.8) is 0 Å². The van der Waals surface area contributed by atoms with Crippen LogP contribution in [0.25, 0.3) is 0 Å². The minimum atomic E-state index is -2.27. The first-order valence-electron chi connectivity index (χ1n) is 7.76. The van der Waals surface area contributed by atoms with E-state index in [1.807, 2.05) is 13.8 Å². The predicted octanol–water partition coefficient (Wildman–Crippen LogP) is 2.05. The van der Waals surface area contributed by atoms with Crippen molar-refractivity contribution in [3.05, 3.63) is 0 Å². The van der Waals surface area contributed by atoms with Crippen molar-refractivity contribution >= 4 is 27.8 Å². The van der Waals surface area contributed by atoms with E-state index in [2.05, 4.69) is 0 Å². The molecule has 0 aromatic heterocycles. The molecule has 5 nitrogen and oxygen atoms in total. The Bertz CT molecular complexity index is 202. The number of hydrogen-bond acceptors (Lipinski definition) is 5. The Morgan fingerprint density at radius 1 is 0.800 bits per heavy atom. The summed E-state index contributed by atoms with van der Waals surface area (Å²) in [5.74, 6) is 0. The zero-order chi connectivity index (χ0) is 14.9. The van der Waals surface area contributed by atoms with Crippen LogP contribution in [0.15, 0.2) is 0 Å². The molecule has 0 atom stereocenters. The van der Waals surface area contributed by atoms with Crippen LogP contribution in [0.3, 0.4) is 0 Å². The Hall–Kier alpha value is 0.504. The van der Waals surface area contributed by atoms with Gasteiger partial charge < -0.3 is 17.9 Å². The Kier molecular flexibility index (Phi) is 18.0. The fourth-order valence-corrected chi connectivity index (χ4v) is 4.41. The van der Waals surface area contributed by atoms with Crippen LogP contribution in [0, 0.1) is 0 Å². The van der Waals surface area contributed by atoms with Gasteiger partial charge in [0.2, 0.25) is 0 Å². The standard InChI is InChI=1S/C12H31O5PSi2/c1-3-16-19-11-7-5-9-14-18(13)15-10-6-8-12-20-17-4-2/h18H,3-12,19-20H2,1-2H3. The summed E-state index contributed by atoms with van der Waals surface area (Å²) in [6, 6.07) is 2.34. The topological polar surface area (TPSA) is 54.0 Å². The van der Waals surface area contributed by atoms with Crippen molar-refractivity contribution in [2.75, 3.05) is 26.4 Å². The molecule has 0 aliphatic heterocycles. The molecular formula is C12H31O5PSi2. The first-order valence-corrected chi connectivity index (χ1v) is 12.1. The largest absolute Gasteiger partial charge is 0.424 e. The van der Waals surface area contributed by atoms with Gasteiger partial charge in [-0.15, -0.1) is 0 Å². The molecule has 0 radical (unpaired) electrons. The highest BCUT2D eigenvalue weighted by Gasteiger charge is 2.00. The smallest absolute Gasteiger partial charge is 0.319 e. The molecule has 0 bridgehead atoms. The van der Waals surface area contributed by atoms with Crippen LogP contribution in [0.4, 0.5) is 0 Å². The summed E-state index contributed by atoms with van der Waals surface area (Å²) < 4.78 is 32.5. The summed E-state index contributed by atoms with van der Waals surface area (Å²) in [5.41, 5.74) is 0. The van der Waals surface area contributed by atoms with E-state index in [9.17, 15) is 4.57 Å². The summed E-state index contributed by atoms with van der Waals surface area (Å²) in [6.07, 6.45) is 4.09. The average molecular weight is 343 g/mol. The van der Waals surface area contributed by atoms with Crippen LogP contribution >= 0.6 is 8.25 Å². The van der Waals surface area contributed by atoms with E-state index in [1.165, 1.54) is 12.1 Å². The van der Waals surface area contributed by atoms with Crippen LogP contribution in [-0.4, -0.2) is 46.0 Å². The predicted molar refractivity (Wildman–Crippen MR) is 89.3 cm³/mol. The molecule has 0 aromatic rings. The van der Waals surface area contributed by atoms with Crippen molar-refractivity contribution in [1.82, 2.24) is 0 Å². The quantitative estimate of drug-likeness (QED) is 0.244. The lowest BCUT2D eigenvalue weighted by atomic mass is 10.4. The molecule has 0 saturated carbocycles. The second kappa shape index (κ2) is 17.6. The highest BCUT2D eigenvalue weighted by atomic mass is 31.1. The van der Waals surface area contributed by atoms with E-state index in [0.29, 0.717) is 13.2 Å². The summed E-state index contributed by atoms with van der Waals surface area (Å²) in [4.78, 5) is 0. The van der Waals surface area contributed by atoms with Crippen molar-refractivity contribution in [2.24, 2.45) is 0 Å². The molecule has 0 fully saturated rings. The van der Waals surface area contributed by atoms with Crippen LogP contribution in [-0.2, 0) is 22.5 Å². The van der Waals surface area contributed by atoms with Gasteiger partial charge in [0.1, 0.15) is 0 Å². The molecule has 20 heavy (non-hydrogen) atoms. The second-order valence-corrected chi connectivity index (χ2v) is 8.59. The number of unbranched alkanes of at least 4 members (excludes halogenated alkanes) is 2. The first kappa shape index (κ1) is 20.5. The van der Waals surface area contributed by atoms with Crippen LogP contribution < -0.4 is 0 Å². The summed E-state index contributed by atoms with van der Waals surface area (Å²) in [7, 11) is -2.92. The molecule has 8 heteroatoms. The summed E-state index contributed by atoms with van der Waals surface area (Å²) >= 11 is 0. The fraction of sp³-hybridized carbons (Fsp3) is 1.00. The molecule has 0 aromatic carbocycles. The lowest BCUT2D eigenvalue weighted by Gasteiger charge is -2.06. The van der Waals surface area contributed by atoms with Crippen molar-refractivity contribution < 1.29 is 22.5 Å². The van der Waals surface area contributed by atoms with Gasteiger partial charge in [-0.25, -0.2) is 0 Å². The zero-order valence-corrected chi connectivity index (χ0v) is 16.9. The van der Waals surface area contributed by atoms with E-state index in [-0.39, 0.29) is 19.5 Å². The summed E-state index contributed by atoms with van der Waals surface area (Å²) in [6.45, 7) is 6.79. The van der Waals surface area contributed by atoms with Crippen molar-refractivity contribution in [1.29, 1.82) is 0 Å². The van der Waals surface area contributed by atoms with Gasteiger partial charge >= 0.3 is 8.25 Å². The molecule has 0 spiro atoms. The molecule has 122 valence electrons. The van der Waals surface area contributed by atoms with Gasteiger partial charge in [0, 0.05) is 13.2 Å². The molecule has 0 N–H and O–H groups in total. The van der Waals surface area contributed by atoms with E-state index in [0.717, 1.165) is 38.9 Å². The Morgan fingerprint density at radius 2 is 1.25 bits per heavy atom. The molecule has 0 rings (SSSR count). The van der Waals surface area contributed by atoms with Gasteiger partial charge in [-0.2, -0.15) is 0 Å². The van der Waals surface area contributed by atoms with E-state index >= 15 is 0 Å². The summed E-state index contributed by atoms with van der Waals surface area (Å²) in [5, 5.41) is 0. The van der Waals surface area contributed by atoms with Crippen LogP contribution in [0.5, 0.6) is 0 Å². The SMILES string of the molecule is CCO[SiH2]CCCCO[PH](=O)OCCCC[SiH2]OCC. The molecule has 0 amide bonds. The molecular weight excluding hydrogens is 311 g/mol. The van der Waals surface area contributed by atoms with E-state index in [4.69, 9.17) is 17.9 Å². The fourth-order valence-electron chi connectivity index (χ4n) is 1.61. The number of rotatable bonds is 16. The van der Waals surface area contributed by atoms with Crippen LogP contribution in [0.1, 0.15) is 39.5 Å². The highest BCUT2D eigenvalue weighted by Crippen LogP contribution is 2.24. The third-order valence-electron chi connectivity index (χ3n) is 2.71. The van der Waals surface area contributed by atoms with Crippen molar-refractivity contribution in [2.45, 2.75) is 51.6 Å². The van der Waals surface area contributed by atoms with E-state index in [1.54, 1.807) is 0 Å². The van der Waals surface area contributed by atoms with E-state index < -0.39 is 8.25 Å². The Balaban J connectivity index is 3.13. The third-order valence-corrected chi connectivity index (χ3v) is 6.56. The van der Waals surface area contributed by atoms with Gasteiger partial charge in [-0.3, -0.25) is 4.57 Å². The monoisotopic (exact) mass is 342 g/mol.